The molecule has 136 valence electrons. The zero-order valence-corrected chi connectivity index (χ0v) is 15.3. The number of hydrogen-bond donors (Lipinski definition) is 3. The number of H-pyrrole nitrogens is 1. The fraction of sp³-hybridized carbons (Fsp3) is 0.222. The highest BCUT2D eigenvalue weighted by atomic mass is 32.2. The molecule has 0 unspecified atom stereocenters. The molecule has 0 aliphatic heterocycles. The van der Waals surface area contributed by atoms with Gasteiger partial charge in [0.25, 0.3) is 0 Å². The first-order valence-corrected chi connectivity index (χ1v) is 9.99. The SMILES string of the molecule is CCCS(=O)(=O)Nc1ccc(NCc2cn[nH]c2-c2cccnc2)cc1. The predicted octanol–water partition coefficient (Wildman–Crippen LogP) is 3.24. The molecule has 3 aromatic rings. The Morgan fingerprint density at radius 2 is 1.85 bits per heavy atom. The Morgan fingerprint density at radius 1 is 1.08 bits per heavy atom. The smallest absolute Gasteiger partial charge is 0.232 e. The summed E-state index contributed by atoms with van der Waals surface area (Å²) in [6.07, 6.45) is 5.88. The molecule has 0 fully saturated rings. The summed E-state index contributed by atoms with van der Waals surface area (Å²) in [6.45, 7) is 2.42. The van der Waals surface area contributed by atoms with Crippen molar-refractivity contribution in [3.8, 4) is 11.3 Å². The maximum absolute atomic E-state index is 11.8. The molecule has 1 aromatic carbocycles. The van der Waals surface area contributed by atoms with Gasteiger partial charge in [0.1, 0.15) is 0 Å². The van der Waals surface area contributed by atoms with Crippen molar-refractivity contribution in [2.75, 3.05) is 15.8 Å². The van der Waals surface area contributed by atoms with Gasteiger partial charge >= 0.3 is 0 Å². The average molecular weight is 371 g/mol. The molecule has 2 aromatic heterocycles. The zero-order valence-electron chi connectivity index (χ0n) is 14.4. The molecule has 0 aliphatic carbocycles. The van der Waals surface area contributed by atoms with Crippen LogP contribution < -0.4 is 10.0 Å². The molecule has 2 heterocycles. The number of rotatable bonds is 8. The molecule has 0 atom stereocenters. The van der Waals surface area contributed by atoms with E-state index in [4.69, 9.17) is 0 Å². The maximum atomic E-state index is 11.8. The summed E-state index contributed by atoms with van der Waals surface area (Å²) in [5.41, 5.74) is 4.37. The van der Waals surface area contributed by atoms with Gasteiger partial charge in [-0.25, -0.2) is 8.42 Å². The fourth-order valence-electron chi connectivity index (χ4n) is 2.56. The molecule has 7 nitrogen and oxygen atoms in total. The van der Waals surface area contributed by atoms with E-state index >= 15 is 0 Å². The molecule has 0 saturated heterocycles. The van der Waals surface area contributed by atoms with Crippen molar-refractivity contribution in [3.05, 3.63) is 60.6 Å². The lowest BCUT2D eigenvalue weighted by atomic mass is 10.1. The molecule has 8 heteroatoms. The number of sulfonamides is 1. The molecule has 0 saturated carbocycles. The summed E-state index contributed by atoms with van der Waals surface area (Å²) in [6, 6.07) is 11.0. The van der Waals surface area contributed by atoms with Crippen molar-refractivity contribution in [2.45, 2.75) is 19.9 Å². The normalized spacial score (nSPS) is 11.3. The van der Waals surface area contributed by atoms with E-state index in [1.54, 1.807) is 30.7 Å². The van der Waals surface area contributed by atoms with Crippen LogP contribution in [0.4, 0.5) is 11.4 Å². The van der Waals surface area contributed by atoms with Crippen LogP contribution in [-0.2, 0) is 16.6 Å². The van der Waals surface area contributed by atoms with E-state index in [0.717, 1.165) is 22.5 Å². The third-order valence-corrected chi connectivity index (χ3v) is 5.27. The Bertz CT molecular complexity index is 937. The van der Waals surface area contributed by atoms with Crippen molar-refractivity contribution in [2.24, 2.45) is 0 Å². The lowest BCUT2D eigenvalue weighted by Gasteiger charge is -2.10. The lowest BCUT2D eigenvalue weighted by molar-refractivity contribution is 0.600. The molecular formula is C18H21N5O2S. The van der Waals surface area contributed by atoms with Crippen LogP contribution >= 0.6 is 0 Å². The third-order valence-electron chi connectivity index (χ3n) is 3.78. The van der Waals surface area contributed by atoms with Gasteiger partial charge in [0.15, 0.2) is 0 Å². The van der Waals surface area contributed by atoms with Crippen molar-refractivity contribution in [1.82, 2.24) is 15.2 Å². The highest BCUT2D eigenvalue weighted by Gasteiger charge is 2.09. The molecule has 26 heavy (non-hydrogen) atoms. The van der Waals surface area contributed by atoms with Gasteiger partial charge in [0, 0.05) is 41.4 Å². The topological polar surface area (TPSA) is 99.8 Å². The van der Waals surface area contributed by atoms with Crippen LogP contribution in [0.5, 0.6) is 0 Å². The summed E-state index contributed by atoms with van der Waals surface area (Å²) in [5.74, 6) is 0.116. The predicted molar refractivity (Wildman–Crippen MR) is 103 cm³/mol. The van der Waals surface area contributed by atoms with Crippen LogP contribution in [0.1, 0.15) is 18.9 Å². The number of nitrogens with zero attached hydrogens (tertiary/aromatic N) is 2. The molecule has 3 rings (SSSR count). The molecule has 0 spiro atoms. The summed E-state index contributed by atoms with van der Waals surface area (Å²) in [7, 11) is -3.27. The Balaban J connectivity index is 1.64. The van der Waals surface area contributed by atoms with E-state index in [-0.39, 0.29) is 5.75 Å². The summed E-state index contributed by atoms with van der Waals surface area (Å²) < 4.78 is 26.2. The van der Waals surface area contributed by atoms with Crippen LogP contribution in [0, 0.1) is 0 Å². The molecule has 0 bridgehead atoms. The van der Waals surface area contributed by atoms with Crippen molar-refractivity contribution in [3.63, 3.8) is 0 Å². The molecule has 0 radical (unpaired) electrons. The van der Waals surface area contributed by atoms with E-state index in [1.807, 2.05) is 31.2 Å². The molecule has 0 aliphatic rings. The summed E-state index contributed by atoms with van der Waals surface area (Å²) >= 11 is 0. The highest BCUT2D eigenvalue weighted by Crippen LogP contribution is 2.21. The first-order chi connectivity index (χ1) is 12.6. The third kappa shape index (κ3) is 4.60. The van der Waals surface area contributed by atoms with Gasteiger partial charge in [-0.2, -0.15) is 5.10 Å². The van der Waals surface area contributed by atoms with Crippen molar-refractivity contribution < 1.29 is 8.42 Å². The number of pyridine rings is 1. The van der Waals surface area contributed by atoms with Crippen molar-refractivity contribution in [1.29, 1.82) is 0 Å². The monoisotopic (exact) mass is 371 g/mol. The number of aromatic nitrogens is 3. The Hall–Kier alpha value is -2.87. The molecule has 3 N–H and O–H groups in total. The average Bonchev–Trinajstić information content (AvgIpc) is 3.10. The Kier molecular flexibility index (Phi) is 5.52. The van der Waals surface area contributed by atoms with E-state index in [0.29, 0.717) is 18.7 Å². The minimum Gasteiger partial charge on any atom is -0.381 e. The lowest BCUT2D eigenvalue weighted by Crippen LogP contribution is -2.15. The van der Waals surface area contributed by atoms with Gasteiger partial charge in [-0.15, -0.1) is 0 Å². The minimum absolute atomic E-state index is 0.116. The van der Waals surface area contributed by atoms with Crippen LogP contribution in [0.3, 0.4) is 0 Å². The second kappa shape index (κ2) is 8.01. The minimum atomic E-state index is -3.27. The van der Waals surface area contributed by atoms with Crippen molar-refractivity contribution >= 4 is 21.4 Å². The second-order valence-electron chi connectivity index (χ2n) is 5.86. The van der Waals surface area contributed by atoms with Gasteiger partial charge in [-0.1, -0.05) is 6.92 Å². The standard InChI is InChI=1S/C18H21N5O2S/c1-2-10-26(24,25)23-17-7-5-16(6-8-17)20-12-15-13-21-22-18(15)14-4-3-9-19-11-14/h3-9,11,13,20,23H,2,10,12H2,1H3,(H,21,22). The van der Waals surface area contributed by atoms with Gasteiger partial charge in [0.2, 0.25) is 10.0 Å². The van der Waals surface area contributed by atoms with Gasteiger partial charge < -0.3 is 5.32 Å². The van der Waals surface area contributed by atoms with E-state index in [9.17, 15) is 8.42 Å². The van der Waals surface area contributed by atoms with E-state index < -0.39 is 10.0 Å². The number of benzene rings is 1. The van der Waals surface area contributed by atoms with Gasteiger partial charge in [-0.05, 0) is 42.8 Å². The van der Waals surface area contributed by atoms with Gasteiger partial charge in [0.05, 0.1) is 17.6 Å². The Labute approximate surface area is 152 Å². The summed E-state index contributed by atoms with van der Waals surface area (Å²) in [4.78, 5) is 4.13. The Morgan fingerprint density at radius 3 is 2.54 bits per heavy atom. The largest absolute Gasteiger partial charge is 0.381 e. The number of aromatic amines is 1. The number of hydrogen-bond acceptors (Lipinski definition) is 5. The van der Waals surface area contributed by atoms with Crippen LogP contribution in [0.15, 0.2) is 55.0 Å². The quantitative estimate of drug-likeness (QED) is 0.564. The van der Waals surface area contributed by atoms with E-state index in [1.165, 1.54) is 0 Å². The first kappa shape index (κ1) is 17.9. The highest BCUT2D eigenvalue weighted by molar-refractivity contribution is 7.92. The molecular weight excluding hydrogens is 350 g/mol. The first-order valence-electron chi connectivity index (χ1n) is 8.34. The molecule has 0 amide bonds. The summed E-state index contributed by atoms with van der Waals surface area (Å²) in [5, 5.41) is 10.4. The number of anilines is 2. The zero-order chi connectivity index (χ0) is 18.4. The van der Waals surface area contributed by atoms with Gasteiger partial charge in [-0.3, -0.25) is 14.8 Å². The number of nitrogens with one attached hydrogen (secondary N) is 3. The maximum Gasteiger partial charge on any atom is 0.232 e. The van der Waals surface area contributed by atoms with Crippen LogP contribution in [-0.4, -0.2) is 29.4 Å². The van der Waals surface area contributed by atoms with Crippen LogP contribution in [0.2, 0.25) is 0 Å². The van der Waals surface area contributed by atoms with E-state index in [2.05, 4.69) is 25.2 Å². The fourth-order valence-corrected chi connectivity index (χ4v) is 3.69. The second-order valence-corrected chi connectivity index (χ2v) is 7.71. The van der Waals surface area contributed by atoms with Crippen LogP contribution in [0.25, 0.3) is 11.3 Å².